The molecule has 0 saturated carbocycles. The van der Waals surface area contributed by atoms with Gasteiger partial charge in [-0.2, -0.15) is 0 Å². The number of hydrogen-bond acceptors (Lipinski definition) is 4. The maximum atomic E-state index is 10.4. The Balaban J connectivity index is 2.23. The number of hydrogen-bond donors (Lipinski definition) is 2. The third kappa shape index (κ3) is 2.75. The lowest BCUT2D eigenvalue weighted by Gasteiger charge is -2.07. The molecule has 0 spiro atoms. The first-order chi connectivity index (χ1) is 8.70. The van der Waals surface area contributed by atoms with Crippen LogP contribution in [0.15, 0.2) is 30.3 Å². The second-order valence-electron chi connectivity index (χ2n) is 3.83. The van der Waals surface area contributed by atoms with Gasteiger partial charge in [0.2, 0.25) is 0 Å². The molecule has 1 aromatic carbocycles. The molecule has 0 unspecified atom stereocenters. The van der Waals surface area contributed by atoms with Gasteiger partial charge in [-0.3, -0.25) is 4.79 Å². The van der Waals surface area contributed by atoms with Crippen molar-refractivity contribution in [3.8, 4) is 5.75 Å². The first-order valence-corrected chi connectivity index (χ1v) is 5.56. The number of fused-ring (bicyclic) bond motifs is 1. The van der Waals surface area contributed by atoms with Crippen molar-refractivity contribution in [2.75, 3.05) is 13.7 Å². The van der Waals surface area contributed by atoms with E-state index in [1.807, 2.05) is 30.3 Å². The topological polar surface area (TPSA) is 71.5 Å². The molecule has 0 amide bonds. The number of ether oxygens (including phenoxy) is 1. The fourth-order valence-corrected chi connectivity index (χ4v) is 1.72. The van der Waals surface area contributed by atoms with Crippen molar-refractivity contribution < 1.29 is 14.6 Å². The van der Waals surface area contributed by atoms with Crippen LogP contribution >= 0.6 is 0 Å². The van der Waals surface area contributed by atoms with Crippen LogP contribution in [0.5, 0.6) is 5.75 Å². The summed E-state index contributed by atoms with van der Waals surface area (Å²) < 4.78 is 5.25. The molecule has 0 saturated heterocycles. The van der Waals surface area contributed by atoms with Crippen LogP contribution in [0.1, 0.15) is 5.69 Å². The molecule has 2 aromatic rings. The number of methoxy groups -OCH3 is 1. The highest BCUT2D eigenvalue weighted by Gasteiger charge is 2.04. The fourth-order valence-electron chi connectivity index (χ4n) is 1.72. The maximum Gasteiger partial charge on any atom is 0.317 e. The van der Waals surface area contributed by atoms with Crippen molar-refractivity contribution in [3.05, 3.63) is 36.0 Å². The SMILES string of the molecule is COc1cccc2ccc(CNCC(=O)O)nc12. The number of carboxylic acids is 1. The van der Waals surface area contributed by atoms with Crippen LogP contribution < -0.4 is 10.1 Å². The lowest BCUT2D eigenvalue weighted by atomic mass is 10.2. The second-order valence-corrected chi connectivity index (χ2v) is 3.83. The lowest BCUT2D eigenvalue weighted by Crippen LogP contribution is -2.22. The number of pyridine rings is 1. The fraction of sp³-hybridized carbons (Fsp3) is 0.231. The van der Waals surface area contributed by atoms with Crippen molar-refractivity contribution >= 4 is 16.9 Å². The summed E-state index contributed by atoms with van der Waals surface area (Å²) in [6, 6.07) is 9.54. The number of nitrogens with one attached hydrogen (secondary N) is 1. The average Bonchev–Trinajstić information content (AvgIpc) is 2.37. The van der Waals surface area contributed by atoms with E-state index >= 15 is 0 Å². The quantitative estimate of drug-likeness (QED) is 0.834. The molecule has 0 aliphatic rings. The number of carbonyl (C=O) groups is 1. The van der Waals surface area contributed by atoms with E-state index in [4.69, 9.17) is 9.84 Å². The smallest absolute Gasteiger partial charge is 0.317 e. The van der Waals surface area contributed by atoms with E-state index in [2.05, 4.69) is 10.3 Å². The Bertz CT molecular complexity index is 569. The Morgan fingerprint density at radius 2 is 2.22 bits per heavy atom. The molecule has 5 nitrogen and oxygen atoms in total. The van der Waals surface area contributed by atoms with Gasteiger partial charge in [0.1, 0.15) is 11.3 Å². The van der Waals surface area contributed by atoms with Crippen LogP contribution in [-0.2, 0) is 11.3 Å². The number of rotatable bonds is 5. The number of benzene rings is 1. The Kier molecular flexibility index (Phi) is 3.74. The van der Waals surface area contributed by atoms with Crippen molar-refractivity contribution in [1.29, 1.82) is 0 Å². The molecule has 0 aliphatic carbocycles. The van der Waals surface area contributed by atoms with Crippen LogP contribution in [0.4, 0.5) is 0 Å². The van der Waals surface area contributed by atoms with Gasteiger partial charge in [0.15, 0.2) is 0 Å². The summed E-state index contributed by atoms with van der Waals surface area (Å²) in [5.41, 5.74) is 1.57. The monoisotopic (exact) mass is 246 g/mol. The molecule has 1 aromatic heterocycles. The van der Waals surface area contributed by atoms with Gasteiger partial charge in [-0.05, 0) is 12.1 Å². The molecule has 18 heavy (non-hydrogen) atoms. The van der Waals surface area contributed by atoms with Crippen LogP contribution in [0.25, 0.3) is 10.9 Å². The van der Waals surface area contributed by atoms with Crippen molar-refractivity contribution in [1.82, 2.24) is 10.3 Å². The molecule has 0 radical (unpaired) electrons. The van der Waals surface area contributed by atoms with Gasteiger partial charge in [0.25, 0.3) is 0 Å². The molecular formula is C13H14N2O3. The van der Waals surface area contributed by atoms with Crippen molar-refractivity contribution in [3.63, 3.8) is 0 Å². The number of nitrogens with zero attached hydrogens (tertiary/aromatic N) is 1. The van der Waals surface area contributed by atoms with Crippen molar-refractivity contribution in [2.24, 2.45) is 0 Å². The number of carboxylic acid groups (broad SMARTS) is 1. The summed E-state index contributed by atoms with van der Waals surface area (Å²) in [5.74, 6) is -0.166. The standard InChI is InChI=1S/C13H14N2O3/c1-18-11-4-2-3-9-5-6-10(15-13(9)11)7-14-8-12(16)17/h2-6,14H,7-8H2,1H3,(H,16,17). The Labute approximate surface area is 104 Å². The summed E-state index contributed by atoms with van der Waals surface area (Å²) in [5, 5.41) is 12.3. The Hall–Kier alpha value is -2.14. The molecule has 1 heterocycles. The summed E-state index contributed by atoms with van der Waals surface area (Å²) in [4.78, 5) is 14.9. The summed E-state index contributed by atoms with van der Waals surface area (Å²) in [6.07, 6.45) is 0. The van der Waals surface area contributed by atoms with E-state index < -0.39 is 5.97 Å². The zero-order valence-electron chi connectivity index (χ0n) is 10.0. The van der Waals surface area contributed by atoms with E-state index in [0.717, 1.165) is 16.6 Å². The van der Waals surface area contributed by atoms with E-state index in [1.165, 1.54) is 0 Å². The minimum atomic E-state index is -0.881. The highest BCUT2D eigenvalue weighted by Crippen LogP contribution is 2.23. The third-order valence-electron chi connectivity index (χ3n) is 2.54. The molecule has 5 heteroatoms. The number of aromatic nitrogens is 1. The van der Waals surface area contributed by atoms with E-state index in [1.54, 1.807) is 7.11 Å². The minimum absolute atomic E-state index is 0.0777. The van der Waals surface area contributed by atoms with E-state index in [-0.39, 0.29) is 6.54 Å². The van der Waals surface area contributed by atoms with Gasteiger partial charge in [0.05, 0.1) is 19.3 Å². The summed E-state index contributed by atoms with van der Waals surface area (Å²) in [6.45, 7) is 0.339. The molecule has 94 valence electrons. The van der Waals surface area contributed by atoms with E-state index in [0.29, 0.717) is 12.3 Å². The summed E-state index contributed by atoms with van der Waals surface area (Å²) in [7, 11) is 1.60. The Morgan fingerprint density at radius 3 is 2.94 bits per heavy atom. The lowest BCUT2D eigenvalue weighted by molar-refractivity contribution is -0.135. The molecule has 2 rings (SSSR count). The van der Waals surface area contributed by atoms with Crippen molar-refractivity contribution in [2.45, 2.75) is 6.54 Å². The maximum absolute atomic E-state index is 10.4. The highest BCUT2D eigenvalue weighted by molar-refractivity contribution is 5.84. The molecule has 0 fully saturated rings. The second kappa shape index (κ2) is 5.46. The average molecular weight is 246 g/mol. The number of para-hydroxylation sites is 1. The van der Waals surface area contributed by atoms with Crippen LogP contribution in [0.3, 0.4) is 0 Å². The highest BCUT2D eigenvalue weighted by atomic mass is 16.5. The van der Waals surface area contributed by atoms with Gasteiger partial charge >= 0.3 is 5.97 Å². The normalized spacial score (nSPS) is 10.5. The molecule has 0 atom stereocenters. The van der Waals surface area contributed by atoms with Crippen LogP contribution in [0, 0.1) is 0 Å². The molecular weight excluding hydrogens is 232 g/mol. The van der Waals surface area contributed by atoms with Crippen LogP contribution in [0.2, 0.25) is 0 Å². The van der Waals surface area contributed by atoms with Gasteiger partial charge in [0, 0.05) is 11.9 Å². The predicted octanol–water partition coefficient (Wildman–Crippen LogP) is 1.42. The number of aliphatic carboxylic acids is 1. The molecule has 0 bridgehead atoms. The van der Waals surface area contributed by atoms with Gasteiger partial charge < -0.3 is 15.2 Å². The largest absolute Gasteiger partial charge is 0.494 e. The zero-order chi connectivity index (χ0) is 13.0. The molecule has 0 aliphatic heterocycles. The van der Waals surface area contributed by atoms with Crippen LogP contribution in [-0.4, -0.2) is 29.7 Å². The van der Waals surface area contributed by atoms with Gasteiger partial charge in [-0.15, -0.1) is 0 Å². The third-order valence-corrected chi connectivity index (χ3v) is 2.54. The van der Waals surface area contributed by atoms with Gasteiger partial charge in [-0.25, -0.2) is 4.98 Å². The summed E-state index contributed by atoms with van der Waals surface area (Å²) >= 11 is 0. The van der Waals surface area contributed by atoms with Gasteiger partial charge in [-0.1, -0.05) is 18.2 Å². The van der Waals surface area contributed by atoms with E-state index in [9.17, 15) is 4.79 Å². The molecule has 2 N–H and O–H groups in total. The zero-order valence-corrected chi connectivity index (χ0v) is 10.0. The first-order valence-electron chi connectivity index (χ1n) is 5.56. The predicted molar refractivity (Wildman–Crippen MR) is 67.6 cm³/mol. The Morgan fingerprint density at radius 1 is 1.39 bits per heavy atom. The minimum Gasteiger partial charge on any atom is -0.494 e. The first kappa shape index (κ1) is 12.3.